The number of hydrogen-bond donors (Lipinski definition) is 1. The summed E-state index contributed by atoms with van der Waals surface area (Å²) < 4.78 is 0. The van der Waals surface area contributed by atoms with E-state index in [9.17, 15) is 0 Å². The summed E-state index contributed by atoms with van der Waals surface area (Å²) in [6.07, 6.45) is 3.84. The van der Waals surface area contributed by atoms with E-state index < -0.39 is 0 Å². The summed E-state index contributed by atoms with van der Waals surface area (Å²) >= 11 is 7.62. The van der Waals surface area contributed by atoms with E-state index in [1.165, 1.54) is 5.56 Å². The van der Waals surface area contributed by atoms with Crippen LogP contribution in [0.4, 0.5) is 0 Å². The van der Waals surface area contributed by atoms with Crippen LogP contribution in [-0.4, -0.2) is 11.5 Å². The van der Waals surface area contributed by atoms with E-state index in [2.05, 4.69) is 34.1 Å². The van der Waals surface area contributed by atoms with Crippen molar-refractivity contribution in [3.05, 3.63) is 51.4 Å². The van der Waals surface area contributed by atoms with E-state index in [0.29, 0.717) is 11.1 Å². The van der Waals surface area contributed by atoms with Crippen molar-refractivity contribution in [1.82, 2.24) is 10.3 Å². The lowest BCUT2D eigenvalue weighted by Crippen LogP contribution is -2.22. The molecule has 1 unspecified atom stereocenters. The molecular weight excluding hydrogens is 264 g/mol. The molecule has 2 nitrogen and oxygen atoms in total. The largest absolute Gasteiger partial charge is 0.309 e. The van der Waals surface area contributed by atoms with Crippen LogP contribution in [-0.2, 0) is 6.42 Å². The van der Waals surface area contributed by atoms with Crippen molar-refractivity contribution < 1.29 is 0 Å². The van der Waals surface area contributed by atoms with Gasteiger partial charge in [0.15, 0.2) is 0 Å². The van der Waals surface area contributed by atoms with Gasteiger partial charge in [-0.2, -0.15) is 11.3 Å². The van der Waals surface area contributed by atoms with Crippen molar-refractivity contribution in [2.75, 3.05) is 6.54 Å². The number of rotatable bonds is 6. The standard InChI is InChI=1S/C14H17ClN2S/c1-2-16-13(5-3-11-7-8-18-10-11)14-6-4-12(15)9-17-14/h4,6-10,13,16H,2-3,5H2,1H3. The van der Waals surface area contributed by atoms with Gasteiger partial charge >= 0.3 is 0 Å². The van der Waals surface area contributed by atoms with Crippen LogP contribution in [0.3, 0.4) is 0 Å². The van der Waals surface area contributed by atoms with Crippen LogP contribution in [0.15, 0.2) is 35.2 Å². The van der Waals surface area contributed by atoms with Gasteiger partial charge in [-0.25, -0.2) is 0 Å². The maximum atomic E-state index is 5.87. The third kappa shape index (κ3) is 3.80. The smallest absolute Gasteiger partial charge is 0.0589 e. The molecule has 0 spiro atoms. The first kappa shape index (κ1) is 13.5. The molecule has 0 radical (unpaired) electrons. The minimum absolute atomic E-state index is 0.298. The summed E-state index contributed by atoms with van der Waals surface area (Å²) in [4.78, 5) is 4.41. The Morgan fingerprint density at radius 1 is 1.39 bits per heavy atom. The van der Waals surface area contributed by atoms with Crippen LogP contribution in [0.1, 0.15) is 30.6 Å². The number of thiophene rings is 1. The molecule has 2 rings (SSSR count). The molecule has 2 aromatic rings. The molecule has 1 atom stereocenters. The maximum absolute atomic E-state index is 5.87. The zero-order valence-corrected chi connectivity index (χ0v) is 12.0. The highest BCUT2D eigenvalue weighted by Gasteiger charge is 2.11. The fourth-order valence-corrected chi connectivity index (χ4v) is 2.76. The number of hydrogen-bond acceptors (Lipinski definition) is 3. The second-order valence-corrected chi connectivity index (χ2v) is 5.40. The van der Waals surface area contributed by atoms with Crippen molar-refractivity contribution in [3.63, 3.8) is 0 Å². The summed E-state index contributed by atoms with van der Waals surface area (Å²) in [6.45, 7) is 3.06. The number of aromatic nitrogens is 1. The summed E-state index contributed by atoms with van der Waals surface area (Å²) in [5.41, 5.74) is 2.47. The van der Waals surface area contributed by atoms with E-state index in [1.54, 1.807) is 17.5 Å². The molecule has 4 heteroatoms. The van der Waals surface area contributed by atoms with E-state index >= 15 is 0 Å². The minimum atomic E-state index is 0.298. The Balaban J connectivity index is 2.01. The van der Waals surface area contributed by atoms with Crippen molar-refractivity contribution in [1.29, 1.82) is 0 Å². The van der Waals surface area contributed by atoms with Crippen LogP contribution in [0.25, 0.3) is 0 Å². The number of nitrogens with one attached hydrogen (secondary N) is 1. The van der Waals surface area contributed by atoms with E-state index in [4.69, 9.17) is 11.6 Å². The molecular formula is C14H17ClN2S. The second-order valence-electron chi connectivity index (χ2n) is 4.18. The highest BCUT2D eigenvalue weighted by atomic mass is 35.5. The first-order valence-corrected chi connectivity index (χ1v) is 7.47. The van der Waals surface area contributed by atoms with Crippen molar-refractivity contribution in [3.8, 4) is 0 Å². The predicted molar refractivity (Wildman–Crippen MR) is 78.3 cm³/mol. The Labute approximate surface area is 117 Å². The fraction of sp³-hybridized carbons (Fsp3) is 0.357. The Morgan fingerprint density at radius 2 is 2.28 bits per heavy atom. The van der Waals surface area contributed by atoms with E-state index in [-0.39, 0.29) is 0 Å². The lowest BCUT2D eigenvalue weighted by Gasteiger charge is -2.17. The van der Waals surface area contributed by atoms with E-state index in [0.717, 1.165) is 25.1 Å². The van der Waals surface area contributed by atoms with Gasteiger partial charge in [0.05, 0.1) is 10.7 Å². The Bertz CT molecular complexity index is 453. The minimum Gasteiger partial charge on any atom is -0.309 e. The predicted octanol–water partition coefficient (Wildman–Crippen LogP) is 4.08. The second kappa shape index (κ2) is 6.88. The lowest BCUT2D eigenvalue weighted by molar-refractivity contribution is 0.504. The molecule has 0 aliphatic rings. The summed E-state index contributed by atoms with van der Waals surface area (Å²) in [5, 5.41) is 8.50. The van der Waals surface area contributed by atoms with Crippen LogP contribution < -0.4 is 5.32 Å². The molecule has 96 valence electrons. The molecule has 18 heavy (non-hydrogen) atoms. The van der Waals surface area contributed by atoms with Crippen molar-refractivity contribution in [2.24, 2.45) is 0 Å². The lowest BCUT2D eigenvalue weighted by atomic mass is 10.0. The zero-order valence-electron chi connectivity index (χ0n) is 10.4. The normalized spacial score (nSPS) is 12.6. The Kier molecular flexibility index (Phi) is 5.17. The molecule has 0 aliphatic carbocycles. The Morgan fingerprint density at radius 3 is 2.89 bits per heavy atom. The number of pyridine rings is 1. The van der Waals surface area contributed by atoms with Gasteiger partial charge in [0.25, 0.3) is 0 Å². The van der Waals surface area contributed by atoms with Crippen LogP contribution in [0.5, 0.6) is 0 Å². The average Bonchev–Trinajstić information content (AvgIpc) is 2.89. The van der Waals surface area contributed by atoms with Crippen LogP contribution in [0, 0.1) is 0 Å². The Hall–Kier alpha value is -0.900. The molecule has 0 aliphatic heterocycles. The van der Waals surface area contributed by atoms with Crippen molar-refractivity contribution >= 4 is 22.9 Å². The third-order valence-corrected chi connectivity index (χ3v) is 3.82. The maximum Gasteiger partial charge on any atom is 0.0589 e. The molecule has 1 N–H and O–H groups in total. The highest BCUT2D eigenvalue weighted by molar-refractivity contribution is 7.07. The number of aryl methyl sites for hydroxylation is 1. The summed E-state index contributed by atoms with van der Waals surface area (Å²) in [6, 6.07) is 6.39. The van der Waals surface area contributed by atoms with Crippen LogP contribution in [0.2, 0.25) is 5.02 Å². The first-order valence-electron chi connectivity index (χ1n) is 6.15. The van der Waals surface area contributed by atoms with Crippen molar-refractivity contribution in [2.45, 2.75) is 25.8 Å². The molecule has 2 heterocycles. The monoisotopic (exact) mass is 280 g/mol. The van der Waals surface area contributed by atoms with Crippen LogP contribution >= 0.6 is 22.9 Å². The highest BCUT2D eigenvalue weighted by Crippen LogP contribution is 2.19. The topological polar surface area (TPSA) is 24.9 Å². The fourth-order valence-electron chi connectivity index (χ4n) is 1.94. The SMILES string of the molecule is CCNC(CCc1ccsc1)c1ccc(Cl)cn1. The molecule has 0 saturated carbocycles. The molecule has 0 amide bonds. The quantitative estimate of drug-likeness (QED) is 0.862. The van der Waals surface area contributed by atoms with Gasteiger partial charge in [-0.05, 0) is 53.9 Å². The molecule has 0 fully saturated rings. The van der Waals surface area contributed by atoms with Gasteiger partial charge in [0.2, 0.25) is 0 Å². The third-order valence-electron chi connectivity index (χ3n) is 2.86. The van der Waals surface area contributed by atoms with Gasteiger partial charge in [-0.3, -0.25) is 4.98 Å². The van der Waals surface area contributed by atoms with Gasteiger partial charge in [-0.15, -0.1) is 0 Å². The zero-order chi connectivity index (χ0) is 12.8. The molecule has 0 bridgehead atoms. The summed E-state index contributed by atoms with van der Waals surface area (Å²) in [5.74, 6) is 0. The molecule has 0 aromatic carbocycles. The number of nitrogens with zero attached hydrogens (tertiary/aromatic N) is 1. The average molecular weight is 281 g/mol. The number of halogens is 1. The summed E-state index contributed by atoms with van der Waals surface area (Å²) in [7, 11) is 0. The van der Waals surface area contributed by atoms with E-state index in [1.807, 2.05) is 12.1 Å². The first-order chi connectivity index (χ1) is 8.79. The van der Waals surface area contributed by atoms with Gasteiger partial charge in [0, 0.05) is 12.2 Å². The van der Waals surface area contributed by atoms with Gasteiger partial charge in [0.1, 0.15) is 0 Å². The molecule has 0 saturated heterocycles. The molecule has 2 aromatic heterocycles. The van der Waals surface area contributed by atoms with Gasteiger partial charge in [-0.1, -0.05) is 18.5 Å². The van der Waals surface area contributed by atoms with Gasteiger partial charge < -0.3 is 5.32 Å².